The fourth-order valence-electron chi connectivity index (χ4n) is 3.78. The van der Waals surface area contributed by atoms with Gasteiger partial charge in [-0.25, -0.2) is 4.39 Å². The quantitative estimate of drug-likeness (QED) is 0.749. The van der Waals surface area contributed by atoms with Gasteiger partial charge in [-0.1, -0.05) is 18.2 Å². The molecular weight excluding hydrogens is 400 g/mol. The minimum Gasteiger partial charge on any atom is -0.338 e. The zero-order chi connectivity index (χ0) is 21.5. The van der Waals surface area contributed by atoms with Gasteiger partial charge in [0.15, 0.2) is 0 Å². The Bertz CT molecular complexity index is 999. The molecule has 2 amide bonds. The highest BCUT2D eigenvalue weighted by atomic mass is 19.4. The summed E-state index contributed by atoms with van der Waals surface area (Å²) in [5.41, 5.74) is 1.33. The molecule has 0 radical (unpaired) electrons. The molecule has 0 bridgehead atoms. The summed E-state index contributed by atoms with van der Waals surface area (Å²) >= 11 is 0. The topological polar surface area (TPSA) is 49.4 Å². The van der Waals surface area contributed by atoms with Crippen LogP contribution < -0.4 is 5.32 Å². The highest BCUT2D eigenvalue weighted by molar-refractivity contribution is 5.93. The first-order valence-corrected chi connectivity index (χ1v) is 9.77. The third-order valence-corrected chi connectivity index (χ3v) is 5.48. The van der Waals surface area contributed by atoms with Crippen LogP contribution in [0, 0.1) is 11.7 Å². The van der Waals surface area contributed by atoms with Crippen LogP contribution in [0.4, 0.5) is 23.2 Å². The standard InChI is InChI=1S/C22H20F4N2O2/c23-18-10-13(4-7-17(18)22(24,25)26)11-20(29)27-19-3-1-2-15-12-28(9-8-16(15)19)21(30)14-5-6-14/h1-4,7,10,14H,5-6,8-9,11-12H2,(H,27,29). The SMILES string of the molecule is O=C(Cc1ccc(C(F)(F)F)c(F)c1)Nc1cccc2c1CCN(C(=O)C1CC1)C2. The molecule has 0 aromatic heterocycles. The number of halogens is 4. The molecule has 8 heteroatoms. The first kappa shape index (κ1) is 20.4. The van der Waals surface area contributed by atoms with Gasteiger partial charge in [0.05, 0.1) is 12.0 Å². The number of amides is 2. The van der Waals surface area contributed by atoms with E-state index < -0.39 is 23.5 Å². The Balaban J connectivity index is 1.44. The number of anilines is 1. The van der Waals surface area contributed by atoms with Crippen LogP contribution in [0.2, 0.25) is 0 Å². The second-order valence-corrected chi connectivity index (χ2v) is 7.76. The van der Waals surface area contributed by atoms with Gasteiger partial charge >= 0.3 is 6.18 Å². The van der Waals surface area contributed by atoms with Gasteiger partial charge in [0.2, 0.25) is 11.8 Å². The molecule has 158 valence electrons. The molecule has 1 aliphatic carbocycles. The lowest BCUT2D eigenvalue weighted by molar-refractivity contribution is -0.140. The molecule has 1 aliphatic heterocycles. The smallest absolute Gasteiger partial charge is 0.338 e. The van der Waals surface area contributed by atoms with E-state index in [4.69, 9.17) is 0 Å². The number of rotatable bonds is 4. The molecule has 4 nitrogen and oxygen atoms in total. The lowest BCUT2D eigenvalue weighted by atomic mass is 9.97. The van der Waals surface area contributed by atoms with Crippen molar-refractivity contribution in [2.75, 3.05) is 11.9 Å². The van der Waals surface area contributed by atoms with Gasteiger partial charge in [0.1, 0.15) is 5.82 Å². The Morgan fingerprint density at radius 3 is 2.57 bits per heavy atom. The number of nitrogens with zero attached hydrogens (tertiary/aromatic N) is 1. The summed E-state index contributed by atoms with van der Waals surface area (Å²) in [5.74, 6) is -1.51. The molecule has 2 aromatic carbocycles. The van der Waals surface area contributed by atoms with Gasteiger partial charge in [0, 0.05) is 24.7 Å². The zero-order valence-corrected chi connectivity index (χ0v) is 16.1. The molecule has 1 N–H and O–H groups in total. The number of hydrogen-bond donors (Lipinski definition) is 1. The molecule has 0 saturated heterocycles. The van der Waals surface area contributed by atoms with E-state index in [1.165, 1.54) is 0 Å². The van der Waals surface area contributed by atoms with Crippen molar-refractivity contribution >= 4 is 17.5 Å². The van der Waals surface area contributed by atoms with E-state index in [0.29, 0.717) is 31.3 Å². The van der Waals surface area contributed by atoms with Gasteiger partial charge in [-0.15, -0.1) is 0 Å². The van der Waals surface area contributed by atoms with Crippen LogP contribution in [-0.2, 0) is 35.2 Å². The Morgan fingerprint density at radius 2 is 1.90 bits per heavy atom. The summed E-state index contributed by atoms with van der Waals surface area (Å²) in [5, 5.41) is 2.77. The third-order valence-electron chi connectivity index (χ3n) is 5.48. The first-order valence-electron chi connectivity index (χ1n) is 9.77. The van der Waals surface area contributed by atoms with Crippen LogP contribution >= 0.6 is 0 Å². The minimum absolute atomic E-state index is 0.151. The van der Waals surface area contributed by atoms with E-state index >= 15 is 0 Å². The van der Waals surface area contributed by atoms with Crippen molar-refractivity contribution in [2.24, 2.45) is 5.92 Å². The first-order chi connectivity index (χ1) is 14.2. The molecule has 0 atom stereocenters. The maximum atomic E-state index is 13.7. The maximum Gasteiger partial charge on any atom is 0.419 e. The Kier molecular flexibility index (Phi) is 5.26. The molecule has 2 aromatic rings. The van der Waals surface area contributed by atoms with Crippen molar-refractivity contribution in [3.8, 4) is 0 Å². The van der Waals surface area contributed by atoms with Gasteiger partial charge in [-0.3, -0.25) is 9.59 Å². The molecule has 0 spiro atoms. The van der Waals surface area contributed by atoms with E-state index in [0.717, 1.165) is 36.1 Å². The highest BCUT2D eigenvalue weighted by Crippen LogP contribution is 2.34. The van der Waals surface area contributed by atoms with Crippen molar-refractivity contribution in [3.05, 3.63) is 64.5 Å². The molecule has 2 aliphatic rings. The maximum absolute atomic E-state index is 13.7. The predicted octanol–water partition coefficient (Wildman–Crippen LogP) is 4.32. The van der Waals surface area contributed by atoms with Gasteiger partial charge in [0.25, 0.3) is 0 Å². The summed E-state index contributed by atoms with van der Waals surface area (Å²) in [6.07, 6.45) is -2.52. The lowest BCUT2D eigenvalue weighted by Crippen LogP contribution is -2.37. The van der Waals surface area contributed by atoms with Crippen molar-refractivity contribution in [1.82, 2.24) is 4.90 Å². The number of nitrogens with one attached hydrogen (secondary N) is 1. The van der Waals surface area contributed by atoms with Crippen LogP contribution in [0.15, 0.2) is 36.4 Å². The molecule has 0 unspecified atom stereocenters. The highest BCUT2D eigenvalue weighted by Gasteiger charge is 2.35. The van der Waals surface area contributed by atoms with E-state index in [-0.39, 0.29) is 23.8 Å². The average Bonchev–Trinajstić information content (AvgIpc) is 3.51. The van der Waals surface area contributed by atoms with Crippen molar-refractivity contribution < 1.29 is 27.2 Å². The molecule has 1 heterocycles. The van der Waals surface area contributed by atoms with Gasteiger partial charge in [-0.2, -0.15) is 13.2 Å². The second-order valence-electron chi connectivity index (χ2n) is 7.76. The third kappa shape index (κ3) is 4.32. The monoisotopic (exact) mass is 420 g/mol. The summed E-state index contributed by atoms with van der Waals surface area (Å²) < 4.78 is 51.7. The van der Waals surface area contributed by atoms with E-state index in [1.54, 1.807) is 12.1 Å². The lowest BCUT2D eigenvalue weighted by Gasteiger charge is -2.30. The summed E-state index contributed by atoms with van der Waals surface area (Å²) in [6.45, 7) is 1.08. The molecule has 30 heavy (non-hydrogen) atoms. The van der Waals surface area contributed by atoms with Gasteiger partial charge in [-0.05, 0) is 54.2 Å². The van der Waals surface area contributed by atoms with E-state index in [9.17, 15) is 27.2 Å². The Morgan fingerprint density at radius 1 is 1.13 bits per heavy atom. The molecule has 1 fully saturated rings. The number of carbonyl (C=O) groups excluding carboxylic acids is 2. The Hall–Kier alpha value is -2.90. The number of benzene rings is 2. The van der Waals surface area contributed by atoms with Crippen molar-refractivity contribution in [3.63, 3.8) is 0 Å². The molecule has 4 rings (SSSR count). The van der Waals surface area contributed by atoms with Crippen LogP contribution in [0.3, 0.4) is 0 Å². The second kappa shape index (κ2) is 7.74. The van der Waals surface area contributed by atoms with Crippen LogP contribution in [0.1, 0.15) is 35.1 Å². The Labute approximate surface area is 170 Å². The van der Waals surface area contributed by atoms with Crippen LogP contribution in [-0.4, -0.2) is 23.3 Å². The molecule has 1 saturated carbocycles. The number of alkyl halides is 3. The minimum atomic E-state index is -4.78. The normalized spacial score (nSPS) is 16.2. The van der Waals surface area contributed by atoms with E-state index in [1.807, 2.05) is 11.0 Å². The summed E-state index contributed by atoms with van der Waals surface area (Å²) in [6, 6.07) is 7.95. The number of hydrogen-bond acceptors (Lipinski definition) is 2. The fraction of sp³-hybridized carbons (Fsp3) is 0.364. The fourth-order valence-corrected chi connectivity index (χ4v) is 3.78. The van der Waals surface area contributed by atoms with E-state index in [2.05, 4.69) is 5.32 Å². The summed E-state index contributed by atoms with van der Waals surface area (Å²) in [7, 11) is 0. The number of carbonyl (C=O) groups is 2. The van der Waals surface area contributed by atoms with Crippen LogP contribution in [0.25, 0.3) is 0 Å². The van der Waals surface area contributed by atoms with Gasteiger partial charge < -0.3 is 10.2 Å². The average molecular weight is 420 g/mol. The van der Waals surface area contributed by atoms with Crippen LogP contribution in [0.5, 0.6) is 0 Å². The predicted molar refractivity (Wildman–Crippen MR) is 102 cm³/mol. The number of fused-ring (bicyclic) bond motifs is 1. The van der Waals surface area contributed by atoms with Crippen molar-refractivity contribution in [1.29, 1.82) is 0 Å². The van der Waals surface area contributed by atoms with Crippen molar-refractivity contribution in [2.45, 2.75) is 38.4 Å². The molecular formula is C22H20F4N2O2. The zero-order valence-electron chi connectivity index (χ0n) is 16.1. The summed E-state index contributed by atoms with van der Waals surface area (Å²) in [4.78, 5) is 26.6. The largest absolute Gasteiger partial charge is 0.419 e.